The van der Waals surface area contributed by atoms with Crippen LogP contribution >= 0.6 is 0 Å². The Kier molecular flexibility index (Phi) is 4.50. The second-order valence-corrected chi connectivity index (χ2v) is 2.81. The van der Waals surface area contributed by atoms with E-state index >= 15 is 0 Å². The quantitative estimate of drug-likeness (QED) is 0.703. The van der Waals surface area contributed by atoms with Gasteiger partial charge in [-0.05, 0) is 12.0 Å². The van der Waals surface area contributed by atoms with Crippen molar-refractivity contribution in [3.8, 4) is 0 Å². The van der Waals surface area contributed by atoms with Gasteiger partial charge in [0.2, 0.25) is 0 Å². The Morgan fingerprint density at radius 3 is 2.54 bits per heavy atom. The maximum absolute atomic E-state index is 8.68. The molecule has 13 heavy (non-hydrogen) atoms. The average Bonchev–Trinajstić information content (AvgIpc) is 2.19. The summed E-state index contributed by atoms with van der Waals surface area (Å²) < 4.78 is 5.14. The van der Waals surface area contributed by atoms with E-state index in [1.807, 2.05) is 30.3 Å². The molecule has 1 radical (unpaired) electrons. The minimum absolute atomic E-state index is 0.246. The minimum atomic E-state index is -0.246. The van der Waals surface area contributed by atoms with Gasteiger partial charge in [-0.3, -0.25) is 0 Å². The van der Waals surface area contributed by atoms with Gasteiger partial charge in [-0.15, -0.1) is 0 Å². The van der Waals surface area contributed by atoms with Crippen LogP contribution < -0.4 is 0 Å². The molecule has 0 aliphatic heterocycles. The van der Waals surface area contributed by atoms with E-state index in [1.54, 1.807) is 0 Å². The van der Waals surface area contributed by atoms with E-state index in [4.69, 9.17) is 9.84 Å². The number of aliphatic hydroxyl groups is 1. The third-order valence-electron chi connectivity index (χ3n) is 1.81. The molecule has 0 atom stereocenters. The first-order valence-corrected chi connectivity index (χ1v) is 4.53. The molecule has 2 heteroatoms. The first-order valence-electron chi connectivity index (χ1n) is 4.53. The lowest BCUT2D eigenvalue weighted by Crippen LogP contribution is -2.05. The fourth-order valence-corrected chi connectivity index (χ4v) is 1.23. The zero-order valence-electron chi connectivity index (χ0n) is 7.86. The standard InChI is InChI=1S/C11H15O2/c1-2-6-11(13-9-12)10-7-4-3-5-8-10/h3-5,7-8,12H,2,6,9H2,1H3. The van der Waals surface area contributed by atoms with Crippen LogP contribution in [0.25, 0.3) is 0 Å². The predicted molar refractivity (Wildman–Crippen MR) is 51.9 cm³/mol. The molecular formula is C11H15O2. The summed E-state index contributed by atoms with van der Waals surface area (Å²) in [5, 5.41) is 8.68. The number of aliphatic hydroxyl groups excluding tert-OH is 1. The Bertz CT molecular complexity index is 215. The third-order valence-corrected chi connectivity index (χ3v) is 1.81. The number of rotatable bonds is 5. The minimum Gasteiger partial charge on any atom is -0.371 e. The highest BCUT2D eigenvalue weighted by Crippen LogP contribution is 2.20. The number of benzene rings is 1. The summed E-state index contributed by atoms with van der Waals surface area (Å²) in [4.78, 5) is 0. The lowest BCUT2D eigenvalue weighted by molar-refractivity contribution is 0.0108. The van der Waals surface area contributed by atoms with Crippen molar-refractivity contribution < 1.29 is 9.84 Å². The maximum atomic E-state index is 8.68. The summed E-state index contributed by atoms with van der Waals surface area (Å²) in [5.41, 5.74) is 1.05. The van der Waals surface area contributed by atoms with Gasteiger partial charge in [0.15, 0.2) is 0 Å². The molecule has 0 amide bonds. The van der Waals surface area contributed by atoms with Gasteiger partial charge in [-0.2, -0.15) is 0 Å². The van der Waals surface area contributed by atoms with Gasteiger partial charge in [0.25, 0.3) is 0 Å². The largest absolute Gasteiger partial charge is 0.371 e. The van der Waals surface area contributed by atoms with Crippen molar-refractivity contribution in [2.75, 3.05) is 6.79 Å². The molecule has 0 spiro atoms. The van der Waals surface area contributed by atoms with Crippen LogP contribution in [0.1, 0.15) is 25.3 Å². The molecule has 1 aromatic carbocycles. The summed E-state index contributed by atoms with van der Waals surface area (Å²) in [5.74, 6) is 0. The van der Waals surface area contributed by atoms with Crippen molar-refractivity contribution in [3.63, 3.8) is 0 Å². The van der Waals surface area contributed by atoms with Crippen LogP contribution in [0, 0.1) is 6.10 Å². The number of ether oxygens (including phenoxy) is 1. The zero-order valence-corrected chi connectivity index (χ0v) is 7.86. The molecule has 71 valence electrons. The van der Waals surface area contributed by atoms with Crippen LogP contribution in [0.2, 0.25) is 0 Å². The van der Waals surface area contributed by atoms with Crippen molar-refractivity contribution in [1.82, 2.24) is 0 Å². The van der Waals surface area contributed by atoms with E-state index in [1.165, 1.54) is 0 Å². The molecule has 0 heterocycles. The Morgan fingerprint density at radius 1 is 1.31 bits per heavy atom. The fraction of sp³-hybridized carbons (Fsp3) is 0.364. The van der Waals surface area contributed by atoms with Gasteiger partial charge in [-0.1, -0.05) is 43.7 Å². The Hall–Kier alpha value is -0.860. The van der Waals surface area contributed by atoms with Crippen molar-refractivity contribution in [1.29, 1.82) is 0 Å². The summed E-state index contributed by atoms with van der Waals surface area (Å²) >= 11 is 0. The Labute approximate surface area is 79.2 Å². The zero-order chi connectivity index (χ0) is 9.52. The number of hydrogen-bond donors (Lipinski definition) is 1. The predicted octanol–water partition coefficient (Wildman–Crippen LogP) is 2.33. The fourth-order valence-electron chi connectivity index (χ4n) is 1.23. The monoisotopic (exact) mass is 179 g/mol. The molecule has 1 N–H and O–H groups in total. The molecule has 0 aliphatic carbocycles. The average molecular weight is 179 g/mol. The molecule has 1 aromatic rings. The summed E-state index contributed by atoms with van der Waals surface area (Å²) in [6.07, 6.45) is 2.75. The highest BCUT2D eigenvalue weighted by molar-refractivity contribution is 5.26. The van der Waals surface area contributed by atoms with E-state index in [2.05, 4.69) is 6.92 Å². The van der Waals surface area contributed by atoms with Crippen LogP contribution in [0.5, 0.6) is 0 Å². The van der Waals surface area contributed by atoms with Gasteiger partial charge in [0, 0.05) is 0 Å². The van der Waals surface area contributed by atoms with E-state index in [0.29, 0.717) is 0 Å². The van der Waals surface area contributed by atoms with Crippen molar-refractivity contribution in [2.45, 2.75) is 19.8 Å². The highest BCUT2D eigenvalue weighted by Gasteiger charge is 2.10. The van der Waals surface area contributed by atoms with E-state index in [-0.39, 0.29) is 6.79 Å². The van der Waals surface area contributed by atoms with Gasteiger partial charge in [0.1, 0.15) is 12.9 Å². The SMILES string of the molecule is CCC[C](OCO)c1ccccc1. The second-order valence-electron chi connectivity index (χ2n) is 2.81. The third kappa shape index (κ3) is 3.17. The second kappa shape index (κ2) is 5.73. The van der Waals surface area contributed by atoms with Gasteiger partial charge >= 0.3 is 0 Å². The summed E-state index contributed by atoms with van der Waals surface area (Å²) in [6.45, 7) is 1.84. The van der Waals surface area contributed by atoms with Crippen LogP contribution in [0.4, 0.5) is 0 Å². The molecular weight excluding hydrogens is 164 g/mol. The van der Waals surface area contributed by atoms with Crippen LogP contribution in [-0.4, -0.2) is 11.9 Å². The lowest BCUT2D eigenvalue weighted by atomic mass is 10.1. The van der Waals surface area contributed by atoms with Crippen molar-refractivity contribution >= 4 is 0 Å². The molecule has 0 unspecified atom stereocenters. The van der Waals surface area contributed by atoms with Crippen molar-refractivity contribution in [3.05, 3.63) is 42.0 Å². The van der Waals surface area contributed by atoms with E-state index < -0.39 is 0 Å². The molecule has 0 fully saturated rings. The first-order chi connectivity index (χ1) is 6.38. The van der Waals surface area contributed by atoms with Gasteiger partial charge in [-0.25, -0.2) is 0 Å². The van der Waals surface area contributed by atoms with Crippen LogP contribution in [0.15, 0.2) is 30.3 Å². The molecule has 0 saturated heterocycles. The Balaban J connectivity index is 2.64. The molecule has 0 aliphatic rings. The smallest absolute Gasteiger partial charge is 0.144 e. The van der Waals surface area contributed by atoms with Gasteiger partial charge < -0.3 is 9.84 Å². The van der Waals surface area contributed by atoms with E-state index in [0.717, 1.165) is 24.5 Å². The molecule has 0 bridgehead atoms. The normalized spacial score (nSPS) is 10.7. The maximum Gasteiger partial charge on any atom is 0.144 e. The van der Waals surface area contributed by atoms with Crippen molar-refractivity contribution in [2.24, 2.45) is 0 Å². The Morgan fingerprint density at radius 2 is 2.00 bits per heavy atom. The summed E-state index contributed by atoms with van der Waals surface area (Å²) in [7, 11) is 0. The van der Waals surface area contributed by atoms with E-state index in [9.17, 15) is 0 Å². The highest BCUT2D eigenvalue weighted by atomic mass is 16.6. The molecule has 0 saturated carbocycles. The first kappa shape index (κ1) is 10.2. The summed E-state index contributed by atoms with van der Waals surface area (Å²) in [6, 6.07) is 9.87. The van der Waals surface area contributed by atoms with Gasteiger partial charge in [0.05, 0.1) is 0 Å². The van der Waals surface area contributed by atoms with Crippen LogP contribution in [-0.2, 0) is 4.74 Å². The lowest BCUT2D eigenvalue weighted by Gasteiger charge is -2.13. The topological polar surface area (TPSA) is 29.5 Å². The molecule has 2 nitrogen and oxygen atoms in total. The number of hydrogen-bond acceptors (Lipinski definition) is 2. The molecule has 0 aromatic heterocycles. The molecule has 1 rings (SSSR count). The van der Waals surface area contributed by atoms with Crippen LogP contribution in [0.3, 0.4) is 0 Å².